The molecular weight excluding hydrogens is 276 g/mol. The molecule has 0 spiro atoms. The monoisotopic (exact) mass is 288 g/mol. The van der Waals surface area contributed by atoms with Crippen molar-refractivity contribution < 1.29 is 9.59 Å². The fraction of sp³-hybridized carbons (Fsp3) is 0.333. The van der Waals surface area contributed by atoms with Crippen LogP contribution in [-0.2, 0) is 4.79 Å². The van der Waals surface area contributed by atoms with Crippen LogP contribution in [-0.4, -0.2) is 18.0 Å². The molecule has 5 heteroatoms. The summed E-state index contributed by atoms with van der Waals surface area (Å²) < 4.78 is 0. The molecule has 2 fully saturated rings. The molecule has 1 heterocycles. The molecule has 0 aromatic heterocycles. The summed E-state index contributed by atoms with van der Waals surface area (Å²) in [6.45, 7) is 0. The smallest absolute Gasteiger partial charge is 0.329 e. The maximum absolute atomic E-state index is 12.7. The maximum atomic E-state index is 12.7. The molecule has 4 nitrogen and oxygen atoms in total. The number of rotatable bonds is 1. The number of halogens is 1. The topological polar surface area (TPSA) is 49.4 Å². The average molecular weight is 289 g/mol. The van der Waals surface area contributed by atoms with E-state index in [1.807, 2.05) is 0 Å². The number of benzene rings is 1. The van der Waals surface area contributed by atoms with Gasteiger partial charge in [-0.25, -0.2) is 9.69 Å². The van der Waals surface area contributed by atoms with E-state index in [4.69, 9.17) is 11.6 Å². The summed E-state index contributed by atoms with van der Waals surface area (Å²) in [7, 11) is 0. The first-order chi connectivity index (χ1) is 9.65. The first-order valence-corrected chi connectivity index (χ1v) is 7.11. The lowest BCUT2D eigenvalue weighted by atomic mass is 9.86. The number of carbonyl (C=O) groups excluding carboxylic acids is 2. The summed E-state index contributed by atoms with van der Waals surface area (Å²) in [5.74, 6) is 0.342. The van der Waals surface area contributed by atoms with Gasteiger partial charge in [0.05, 0.1) is 11.6 Å². The third kappa shape index (κ3) is 1.54. The lowest BCUT2D eigenvalue weighted by Crippen LogP contribution is -2.61. The molecule has 102 valence electrons. The van der Waals surface area contributed by atoms with E-state index in [0.29, 0.717) is 16.6 Å². The van der Waals surface area contributed by atoms with Gasteiger partial charge in [0, 0.05) is 11.1 Å². The van der Waals surface area contributed by atoms with E-state index in [2.05, 4.69) is 17.5 Å². The molecule has 1 saturated carbocycles. The highest BCUT2D eigenvalue weighted by atomic mass is 35.5. The molecule has 4 rings (SSSR count). The summed E-state index contributed by atoms with van der Waals surface area (Å²) in [4.78, 5) is 26.2. The van der Waals surface area contributed by atoms with Gasteiger partial charge in [0.2, 0.25) is 5.91 Å². The Hall–Kier alpha value is -1.81. The van der Waals surface area contributed by atoms with Gasteiger partial charge in [-0.05, 0) is 42.5 Å². The van der Waals surface area contributed by atoms with Gasteiger partial charge in [-0.3, -0.25) is 4.79 Å². The van der Waals surface area contributed by atoms with Crippen LogP contribution in [0.3, 0.4) is 0 Å². The molecule has 2 aliphatic carbocycles. The van der Waals surface area contributed by atoms with Crippen LogP contribution < -0.4 is 10.2 Å². The summed E-state index contributed by atoms with van der Waals surface area (Å²) in [5, 5.41) is 3.57. The van der Waals surface area contributed by atoms with Crippen LogP contribution in [0.25, 0.3) is 0 Å². The average Bonchev–Trinajstić information content (AvgIpc) is 3.02. The number of urea groups is 1. The molecule has 1 saturated heterocycles. The van der Waals surface area contributed by atoms with Crippen molar-refractivity contribution in [2.75, 3.05) is 4.90 Å². The van der Waals surface area contributed by atoms with E-state index in [1.54, 1.807) is 24.3 Å². The van der Waals surface area contributed by atoms with Gasteiger partial charge in [0.25, 0.3) is 0 Å². The van der Waals surface area contributed by atoms with Crippen molar-refractivity contribution in [1.82, 2.24) is 5.32 Å². The summed E-state index contributed by atoms with van der Waals surface area (Å²) in [6.07, 6.45) is 5.20. The zero-order valence-corrected chi connectivity index (χ0v) is 11.4. The van der Waals surface area contributed by atoms with Crippen molar-refractivity contribution in [3.05, 3.63) is 41.4 Å². The van der Waals surface area contributed by atoms with Gasteiger partial charge in [-0.1, -0.05) is 23.8 Å². The highest BCUT2D eigenvalue weighted by Gasteiger charge is 2.54. The Labute approximate surface area is 121 Å². The third-order valence-corrected chi connectivity index (χ3v) is 4.79. The van der Waals surface area contributed by atoms with Crippen molar-refractivity contribution in [2.24, 2.45) is 17.8 Å². The molecule has 1 aromatic carbocycles. The number of imide groups is 1. The minimum atomic E-state index is -0.334. The predicted octanol–water partition coefficient (Wildman–Crippen LogP) is 2.59. The van der Waals surface area contributed by atoms with Gasteiger partial charge >= 0.3 is 6.03 Å². The number of fused-ring (bicyclic) bond motifs is 5. The van der Waals surface area contributed by atoms with Gasteiger partial charge in [0.1, 0.15) is 0 Å². The van der Waals surface area contributed by atoms with E-state index in [-0.39, 0.29) is 29.8 Å². The van der Waals surface area contributed by atoms with E-state index < -0.39 is 0 Å². The van der Waals surface area contributed by atoms with E-state index in [9.17, 15) is 9.59 Å². The number of anilines is 1. The highest BCUT2D eigenvalue weighted by Crippen LogP contribution is 2.46. The zero-order chi connectivity index (χ0) is 13.9. The normalized spacial score (nSPS) is 34.4. The first kappa shape index (κ1) is 12.0. The Bertz CT molecular complexity index is 625. The van der Waals surface area contributed by atoms with Crippen molar-refractivity contribution >= 4 is 29.2 Å². The molecule has 1 N–H and O–H groups in total. The molecule has 3 aliphatic rings. The van der Waals surface area contributed by atoms with Crippen molar-refractivity contribution in [2.45, 2.75) is 12.5 Å². The van der Waals surface area contributed by atoms with Crippen LogP contribution in [0, 0.1) is 17.8 Å². The van der Waals surface area contributed by atoms with Crippen molar-refractivity contribution in [3.63, 3.8) is 0 Å². The van der Waals surface area contributed by atoms with Gasteiger partial charge < -0.3 is 5.32 Å². The van der Waals surface area contributed by atoms with Gasteiger partial charge in [-0.15, -0.1) is 0 Å². The van der Waals surface area contributed by atoms with Crippen molar-refractivity contribution in [3.8, 4) is 0 Å². The zero-order valence-electron chi connectivity index (χ0n) is 10.6. The maximum Gasteiger partial charge on any atom is 0.329 e. The number of hydrogen-bond acceptors (Lipinski definition) is 2. The Balaban J connectivity index is 1.71. The van der Waals surface area contributed by atoms with Crippen LogP contribution in [0.4, 0.5) is 10.5 Å². The number of nitrogens with one attached hydrogen (secondary N) is 1. The first-order valence-electron chi connectivity index (χ1n) is 6.73. The number of allylic oxidation sites excluding steroid dienone is 1. The minimum absolute atomic E-state index is 0.0337. The summed E-state index contributed by atoms with van der Waals surface area (Å²) in [5.41, 5.74) is 0.571. The second kappa shape index (κ2) is 4.09. The Morgan fingerprint density at radius 1 is 1.10 bits per heavy atom. The summed E-state index contributed by atoms with van der Waals surface area (Å²) in [6, 6.07) is 6.40. The number of carbonyl (C=O) groups is 2. The number of hydrogen-bond donors (Lipinski definition) is 1. The van der Waals surface area contributed by atoms with E-state index in [0.717, 1.165) is 6.42 Å². The van der Waals surface area contributed by atoms with Gasteiger partial charge in [0.15, 0.2) is 0 Å². The number of nitrogens with zero attached hydrogens (tertiary/aromatic N) is 1. The van der Waals surface area contributed by atoms with Gasteiger partial charge in [-0.2, -0.15) is 0 Å². The molecule has 20 heavy (non-hydrogen) atoms. The van der Waals surface area contributed by atoms with Crippen LogP contribution in [0.2, 0.25) is 5.02 Å². The SMILES string of the molecule is O=C1N[C@@H]2[C@H](C(=O)N1c1ccc(Cl)cc1)[C@H]1C=C[C@@H]2C1. The molecule has 3 amide bonds. The molecule has 1 aliphatic heterocycles. The minimum Gasteiger partial charge on any atom is -0.333 e. The molecule has 0 unspecified atom stereocenters. The second-order valence-corrected chi connectivity index (χ2v) is 6.04. The summed E-state index contributed by atoms with van der Waals surface area (Å²) >= 11 is 5.85. The van der Waals surface area contributed by atoms with Crippen LogP contribution in [0.15, 0.2) is 36.4 Å². The lowest BCUT2D eigenvalue weighted by molar-refractivity contribution is -0.123. The predicted molar refractivity (Wildman–Crippen MR) is 75.5 cm³/mol. The highest BCUT2D eigenvalue weighted by molar-refractivity contribution is 6.30. The van der Waals surface area contributed by atoms with Crippen LogP contribution in [0.1, 0.15) is 6.42 Å². The standard InChI is InChI=1S/C15H13ClN2O2/c16-10-3-5-11(6-4-10)18-14(19)12-8-1-2-9(7-8)13(12)17-15(18)20/h1-6,8-9,12-13H,7H2,(H,17,20)/t8-,9+,12+,13-/m0/s1. The second-order valence-electron chi connectivity index (χ2n) is 5.60. The Morgan fingerprint density at radius 2 is 1.80 bits per heavy atom. The van der Waals surface area contributed by atoms with E-state index in [1.165, 1.54) is 4.90 Å². The van der Waals surface area contributed by atoms with Crippen molar-refractivity contribution in [1.29, 1.82) is 0 Å². The van der Waals surface area contributed by atoms with Crippen LogP contribution in [0.5, 0.6) is 0 Å². The fourth-order valence-electron chi connectivity index (χ4n) is 3.65. The molecular formula is C15H13ClN2O2. The lowest BCUT2D eigenvalue weighted by Gasteiger charge is -2.38. The molecule has 4 atom stereocenters. The molecule has 1 aromatic rings. The fourth-order valence-corrected chi connectivity index (χ4v) is 3.77. The largest absolute Gasteiger partial charge is 0.333 e. The van der Waals surface area contributed by atoms with Crippen LogP contribution >= 0.6 is 11.6 Å². The Kier molecular flexibility index (Phi) is 2.45. The van der Waals surface area contributed by atoms with E-state index >= 15 is 0 Å². The third-order valence-electron chi connectivity index (χ3n) is 4.54. The quantitative estimate of drug-likeness (QED) is 0.808. The Morgan fingerprint density at radius 3 is 2.55 bits per heavy atom. The molecule has 0 radical (unpaired) electrons. The number of amides is 3. The molecule has 2 bridgehead atoms.